The van der Waals surface area contributed by atoms with Gasteiger partial charge in [-0.3, -0.25) is 4.79 Å². The number of aryl methyl sites for hydroxylation is 1. The average Bonchev–Trinajstić information content (AvgIpc) is 3.05. The quantitative estimate of drug-likeness (QED) is 0.393. The fourth-order valence-corrected chi connectivity index (χ4v) is 3.73. The lowest BCUT2D eigenvalue weighted by atomic mass is 10.1. The summed E-state index contributed by atoms with van der Waals surface area (Å²) in [4.78, 5) is 24.3. The van der Waals surface area contributed by atoms with E-state index in [0.717, 1.165) is 17.1 Å². The molecule has 0 aliphatic rings. The van der Waals surface area contributed by atoms with E-state index in [1.807, 2.05) is 43.5 Å². The molecular formula is C26H25N3O4. The number of rotatable bonds is 7. The average molecular weight is 444 g/mol. The molecule has 168 valence electrons. The molecule has 7 nitrogen and oxygen atoms in total. The summed E-state index contributed by atoms with van der Waals surface area (Å²) < 4.78 is 7.37. The lowest BCUT2D eigenvalue weighted by molar-refractivity contribution is -0.112. The number of hydrogen-bond donors (Lipinski definition) is 2. The molecule has 0 bridgehead atoms. The van der Waals surface area contributed by atoms with Gasteiger partial charge in [-0.05, 0) is 75.2 Å². The maximum Gasteiger partial charge on any atom is 0.336 e. The molecular weight excluding hydrogens is 418 g/mol. The van der Waals surface area contributed by atoms with Crippen molar-refractivity contribution in [2.45, 2.75) is 27.7 Å². The summed E-state index contributed by atoms with van der Waals surface area (Å²) in [5.74, 6) is -0.894. The SMILES string of the molecule is CCOc1cccc(NC(=O)C(C#N)=Cc2cc(C)n(-c3cccc(C(=O)O)c3C)c2C)c1. The van der Waals surface area contributed by atoms with E-state index in [4.69, 9.17) is 4.74 Å². The standard InChI is InChI=1S/C26H25N3O4/c1-5-33-22-9-6-8-21(14-22)28-25(30)20(15-27)13-19-12-16(2)29(18(19)4)24-11-7-10-23(17(24)3)26(31)32/h6-14H,5H2,1-4H3,(H,28,30)(H,31,32). The monoisotopic (exact) mass is 443 g/mol. The van der Waals surface area contributed by atoms with Gasteiger partial charge in [0, 0.05) is 28.8 Å². The number of amides is 1. The number of hydrogen-bond acceptors (Lipinski definition) is 4. The van der Waals surface area contributed by atoms with Crippen LogP contribution in [0.3, 0.4) is 0 Å². The van der Waals surface area contributed by atoms with Crippen LogP contribution < -0.4 is 10.1 Å². The number of carboxylic acid groups (broad SMARTS) is 1. The first-order chi connectivity index (χ1) is 15.8. The van der Waals surface area contributed by atoms with Crippen LogP contribution in [0, 0.1) is 32.1 Å². The number of aromatic carboxylic acids is 1. The van der Waals surface area contributed by atoms with E-state index in [2.05, 4.69) is 5.32 Å². The maximum absolute atomic E-state index is 12.7. The van der Waals surface area contributed by atoms with Crippen LogP contribution in [0.1, 0.15) is 39.8 Å². The number of ether oxygens (including phenoxy) is 1. The zero-order chi connectivity index (χ0) is 24.1. The molecule has 33 heavy (non-hydrogen) atoms. The molecule has 2 N–H and O–H groups in total. The van der Waals surface area contributed by atoms with Crippen LogP contribution in [0.2, 0.25) is 0 Å². The Kier molecular flexibility index (Phi) is 6.99. The fraction of sp³-hybridized carbons (Fsp3) is 0.192. The number of carbonyl (C=O) groups excluding carboxylic acids is 1. The third kappa shape index (κ3) is 4.96. The second kappa shape index (κ2) is 9.88. The number of carbonyl (C=O) groups is 2. The van der Waals surface area contributed by atoms with Crippen molar-refractivity contribution < 1.29 is 19.4 Å². The lowest BCUT2D eigenvalue weighted by Gasteiger charge is -2.14. The van der Waals surface area contributed by atoms with Crippen molar-refractivity contribution in [1.29, 1.82) is 5.26 Å². The maximum atomic E-state index is 12.7. The highest BCUT2D eigenvalue weighted by Gasteiger charge is 2.17. The molecule has 0 aliphatic heterocycles. The number of nitrogens with one attached hydrogen (secondary N) is 1. The molecule has 3 aromatic rings. The van der Waals surface area contributed by atoms with Crippen LogP contribution in [-0.2, 0) is 4.79 Å². The van der Waals surface area contributed by atoms with Crippen LogP contribution in [0.4, 0.5) is 5.69 Å². The number of anilines is 1. The topological polar surface area (TPSA) is 104 Å². The van der Waals surface area contributed by atoms with E-state index < -0.39 is 11.9 Å². The third-order valence-electron chi connectivity index (χ3n) is 5.31. The van der Waals surface area contributed by atoms with Crippen molar-refractivity contribution in [3.63, 3.8) is 0 Å². The largest absolute Gasteiger partial charge is 0.494 e. The molecule has 0 saturated heterocycles. The van der Waals surface area contributed by atoms with Crippen molar-refractivity contribution in [3.8, 4) is 17.5 Å². The van der Waals surface area contributed by atoms with Gasteiger partial charge in [-0.15, -0.1) is 0 Å². The van der Waals surface area contributed by atoms with E-state index in [9.17, 15) is 20.0 Å². The Balaban J connectivity index is 1.96. The molecule has 3 rings (SSSR count). The van der Waals surface area contributed by atoms with E-state index in [1.165, 1.54) is 6.08 Å². The van der Waals surface area contributed by atoms with Crippen molar-refractivity contribution in [2.75, 3.05) is 11.9 Å². The predicted molar refractivity (Wildman–Crippen MR) is 127 cm³/mol. The second-order valence-electron chi connectivity index (χ2n) is 7.50. The van der Waals surface area contributed by atoms with E-state index in [1.54, 1.807) is 43.3 Å². The highest BCUT2D eigenvalue weighted by atomic mass is 16.5. The Bertz CT molecular complexity index is 1300. The lowest BCUT2D eigenvalue weighted by Crippen LogP contribution is -2.13. The summed E-state index contributed by atoms with van der Waals surface area (Å²) in [6.07, 6.45) is 1.54. The molecule has 1 aromatic heterocycles. The number of carboxylic acids is 1. The molecule has 1 heterocycles. The summed E-state index contributed by atoms with van der Waals surface area (Å²) in [5, 5.41) is 21.8. The van der Waals surface area contributed by atoms with E-state index in [0.29, 0.717) is 29.2 Å². The molecule has 1 amide bonds. The first-order valence-corrected chi connectivity index (χ1v) is 10.4. The van der Waals surface area contributed by atoms with Crippen molar-refractivity contribution in [1.82, 2.24) is 4.57 Å². The zero-order valence-electron chi connectivity index (χ0n) is 19.0. The minimum absolute atomic E-state index is 0.0481. The third-order valence-corrected chi connectivity index (χ3v) is 5.31. The second-order valence-corrected chi connectivity index (χ2v) is 7.50. The fourth-order valence-electron chi connectivity index (χ4n) is 3.73. The van der Waals surface area contributed by atoms with E-state index in [-0.39, 0.29) is 11.1 Å². The van der Waals surface area contributed by atoms with Crippen molar-refractivity contribution in [3.05, 3.63) is 82.2 Å². The van der Waals surface area contributed by atoms with Crippen molar-refractivity contribution >= 4 is 23.6 Å². The molecule has 0 saturated carbocycles. The number of benzene rings is 2. The van der Waals surface area contributed by atoms with Gasteiger partial charge in [0.1, 0.15) is 17.4 Å². The molecule has 0 unspecified atom stereocenters. The number of aromatic nitrogens is 1. The van der Waals surface area contributed by atoms with Gasteiger partial charge in [0.05, 0.1) is 12.2 Å². The van der Waals surface area contributed by atoms with Crippen LogP contribution in [0.25, 0.3) is 11.8 Å². The molecule has 0 spiro atoms. The highest BCUT2D eigenvalue weighted by Crippen LogP contribution is 2.27. The van der Waals surface area contributed by atoms with Crippen molar-refractivity contribution in [2.24, 2.45) is 0 Å². The van der Waals surface area contributed by atoms with Crippen LogP contribution >= 0.6 is 0 Å². The van der Waals surface area contributed by atoms with Gasteiger partial charge >= 0.3 is 5.97 Å². The Morgan fingerprint density at radius 1 is 1.15 bits per heavy atom. The van der Waals surface area contributed by atoms with Gasteiger partial charge in [-0.25, -0.2) is 4.79 Å². The van der Waals surface area contributed by atoms with Gasteiger partial charge < -0.3 is 19.7 Å². The van der Waals surface area contributed by atoms with Crippen LogP contribution in [0.5, 0.6) is 5.75 Å². The summed E-state index contributed by atoms with van der Waals surface area (Å²) in [7, 11) is 0. The summed E-state index contributed by atoms with van der Waals surface area (Å²) >= 11 is 0. The number of nitriles is 1. The molecule has 0 aliphatic carbocycles. The Hall–Kier alpha value is -4.31. The minimum Gasteiger partial charge on any atom is -0.494 e. The van der Waals surface area contributed by atoms with Gasteiger partial charge in [-0.1, -0.05) is 12.1 Å². The van der Waals surface area contributed by atoms with Crippen LogP contribution in [0.15, 0.2) is 54.1 Å². The first kappa shape index (κ1) is 23.4. The summed E-state index contributed by atoms with van der Waals surface area (Å²) in [5.41, 5.74) is 4.41. The Morgan fingerprint density at radius 2 is 1.88 bits per heavy atom. The highest BCUT2D eigenvalue weighted by molar-refractivity contribution is 6.09. The summed E-state index contributed by atoms with van der Waals surface area (Å²) in [6, 6.07) is 15.9. The van der Waals surface area contributed by atoms with Gasteiger partial charge in [0.25, 0.3) is 5.91 Å². The molecule has 2 aromatic carbocycles. The summed E-state index contributed by atoms with van der Waals surface area (Å²) in [6.45, 7) is 7.90. The molecule has 0 atom stereocenters. The first-order valence-electron chi connectivity index (χ1n) is 10.4. The minimum atomic E-state index is -0.992. The van der Waals surface area contributed by atoms with Gasteiger partial charge in [0.2, 0.25) is 0 Å². The van der Waals surface area contributed by atoms with Gasteiger partial charge in [0.15, 0.2) is 0 Å². The Labute approximate surface area is 192 Å². The van der Waals surface area contributed by atoms with Crippen LogP contribution in [-0.4, -0.2) is 28.2 Å². The normalized spacial score (nSPS) is 11.1. The predicted octanol–water partition coefficient (Wildman–Crippen LogP) is 5.05. The van der Waals surface area contributed by atoms with Gasteiger partial charge in [-0.2, -0.15) is 5.26 Å². The molecule has 0 radical (unpaired) electrons. The zero-order valence-corrected chi connectivity index (χ0v) is 19.0. The Morgan fingerprint density at radius 3 is 2.55 bits per heavy atom. The van der Waals surface area contributed by atoms with E-state index >= 15 is 0 Å². The molecule has 7 heteroatoms. The number of nitrogens with zero attached hydrogens (tertiary/aromatic N) is 2. The smallest absolute Gasteiger partial charge is 0.336 e. The molecule has 0 fully saturated rings.